The molecule has 0 spiro atoms. The van der Waals surface area contributed by atoms with Crippen molar-refractivity contribution in [1.82, 2.24) is 0 Å². The molecule has 102 valence electrons. The van der Waals surface area contributed by atoms with Crippen LogP contribution in [-0.4, -0.2) is 26.4 Å². The van der Waals surface area contributed by atoms with Crippen molar-refractivity contribution in [2.75, 3.05) is 25.8 Å². The monoisotopic (exact) mass is 263 g/mol. The molecule has 0 amide bonds. The number of carbonyl (C=O) groups is 1. The van der Waals surface area contributed by atoms with E-state index in [1.165, 1.54) is 7.11 Å². The van der Waals surface area contributed by atoms with Crippen LogP contribution >= 0.6 is 0 Å². The quantitative estimate of drug-likeness (QED) is 0.844. The Morgan fingerprint density at radius 3 is 2.84 bits per heavy atom. The van der Waals surface area contributed by atoms with Gasteiger partial charge in [0.15, 0.2) is 11.5 Å². The maximum absolute atomic E-state index is 11.8. The van der Waals surface area contributed by atoms with Crippen LogP contribution in [0, 0.1) is 5.41 Å². The average Bonchev–Trinajstić information content (AvgIpc) is 2.84. The molecule has 1 aliphatic heterocycles. The molecule has 5 heteroatoms. The van der Waals surface area contributed by atoms with Gasteiger partial charge in [-0.3, -0.25) is 4.79 Å². The van der Waals surface area contributed by atoms with Gasteiger partial charge < -0.3 is 19.5 Å². The van der Waals surface area contributed by atoms with Crippen molar-refractivity contribution in [1.29, 1.82) is 0 Å². The van der Waals surface area contributed by atoms with E-state index in [0.717, 1.165) is 36.4 Å². The Hall–Kier alpha value is -1.91. The summed E-state index contributed by atoms with van der Waals surface area (Å²) in [7, 11) is 1.45. The van der Waals surface area contributed by atoms with Gasteiger partial charge in [0.05, 0.1) is 12.5 Å². The fourth-order valence-corrected chi connectivity index (χ4v) is 2.55. The predicted octanol–water partition coefficient (Wildman–Crippen LogP) is 2.17. The van der Waals surface area contributed by atoms with Gasteiger partial charge in [-0.05, 0) is 25.0 Å². The number of nitrogens with one attached hydrogen (secondary N) is 1. The summed E-state index contributed by atoms with van der Waals surface area (Å²) in [6.45, 7) is 0.865. The number of benzene rings is 1. The Morgan fingerprint density at radius 1 is 1.37 bits per heavy atom. The van der Waals surface area contributed by atoms with E-state index in [1.54, 1.807) is 0 Å². The van der Waals surface area contributed by atoms with E-state index in [9.17, 15) is 4.79 Å². The average molecular weight is 263 g/mol. The molecule has 19 heavy (non-hydrogen) atoms. The van der Waals surface area contributed by atoms with Crippen molar-refractivity contribution in [2.24, 2.45) is 5.41 Å². The van der Waals surface area contributed by atoms with Crippen molar-refractivity contribution < 1.29 is 19.0 Å². The third-order valence-corrected chi connectivity index (χ3v) is 3.93. The number of hydrogen-bond donors (Lipinski definition) is 1. The molecule has 1 aliphatic carbocycles. The molecule has 0 bridgehead atoms. The molecule has 0 atom stereocenters. The Bertz CT molecular complexity index is 496. The van der Waals surface area contributed by atoms with Gasteiger partial charge in [-0.1, -0.05) is 6.42 Å². The summed E-state index contributed by atoms with van der Waals surface area (Å²) in [5.74, 6) is 1.38. The van der Waals surface area contributed by atoms with Crippen LogP contribution in [0.2, 0.25) is 0 Å². The topological polar surface area (TPSA) is 56.8 Å². The van der Waals surface area contributed by atoms with E-state index in [1.807, 2.05) is 18.2 Å². The number of carbonyl (C=O) groups excluding carboxylic acids is 1. The highest BCUT2D eigenvalue weighted by Crippen LogP contribution is 2.42. The predicted molar refractivity (Wildman–Crippen MR) is 69.4 cm³/mol. The van der Waals surface area contributed by atoms with Gasteiger partial charge in [0.1, 0.15) is 0 Å². The second-order valence-corrected chi connectivity index (χ2v) is 5.05. The summed E-state index contributed by atoms with van der Waals surface area (Å²) in [6.07, 6.45) is 2.85. The molecule has 1 heterocycles. The van der Waals surface area contributed by atoms with E-state index in [-0.39, 0.29) is 18.2 Å². The lowest BCUT2D eigenvalue weighted by Gasteiger charge is -2.39. The highest BCUT2D eigenvalue weighted by atomic mass is 16.7. The minimum absolute atomic E-state index is 0.119. The summed E-state index contributed by atoms with van der Waals surface area (Å²) in [4.78, 5) is 11.8. The summed E-state index contributed by atoms with van der Waals surface area (Å²) in [6, 6.07) is 5.69. The van der Waals surface area contributed by atoms with E-state index in [4.69, 9.17) is 14.2 Å². The maximum atomic E-state index is 11.8. The molecule has 3 rings (SSSR count). The lowest BCUT2D eigenvalue weighted by atomic mass is 9.68. The van der Waals surface area contributed by atoms with Crippen molar-refractivity contribution in [3.63, 3.8) is 0 Å². The molecule has 1 aromatic carbocycles. The third-order valence-electron chi connectivity index (χ3n) is 3.93. The molecule has 2 aliphatic rings. The van der Waals surface area contributed by atoms with E-state index in [0.29, 0.717) is 6.54 Å². The fourth-order valence-electron chi connectivity index (χ4n) is 2.55. The number of fused-ring (bicyclic) bond motifs is 1. The van der Waals surface area contributed by atoms with Gasteiger partial charge in [0.25, 0.3) is 0 Å². The normalized spacial score (nSPS) is 18.6. The van der Waals surface area contributed by atoms with Crippen LogP contribution in [0.3, 0.4) is 0 Å². The number of ether oxygens (including phenoxy) is 3. The molecule has 1 fully saturated rings. The first-order valence-electron chi connectivity index (χ1n) is 6.45. The zero-order valence-electron chi connectivity index (χ0n) is 10.9. The third kappa shape index (κ3) is 2.09. The number of esters is 1. The number of methoxy groups -OCH3 is 1. The van der Waals surface area contributed by atoms with E-state index < -0.39 is 0 Å². The first-order chi connectivity index (χ1) is 9.23. The number of rotatable bonds is 4. The maximum Gasteiger partial charge on any atom is 0.313 e. The van der Waals surface area contributed by atoms with Crippen molar-refractivity contribution in [2.45, 2.75) is 19.3 Å². The molecule has 0 saturated heterocycles. The molecular weight excluding hydrogens is 246 g/mol. The van der Waals surface area contributed by atoms with Crippen LogP contribution in [0.5, 0.6) is 11.5 Å². The van der Waals surface area contributed by atoms with E-state index in [2.05, 4.69) is 5.32 Å². The smallest absolute Gasteiger partial charge is 0.313 e. The van der Waals surface area contributed by atoms with Crippen molar-refractivity contribution >= 4 is 11.7 Å². The van der Waals surface area contributed by atoms with Gasteiger partial charge >= 0.3 is 5.97 Å². The minimum atomic E-state index is -0.356. The summed E-state index contributed by atoms with van der Waals surface area (Å²) >= 11 is 0. The standard InChI is InChI=1S/C14H17NO4/c1-17-13(16)14(5-2-6-14)8-15-10-3-4-11-12(7-10)19-9-18-11/h3-4,7,15H,2,5-6,8-9H2,1H3. The first kappa shape index (κ1) is 12.1. The highest BCUT2D eigenvalue weighted by Gasteiger charge is 2.45. The minimum Gasteiger partial charge on any atom is -0.469 e. The molecule has 0 aromatic heterocycles. The highest BCUT2D eigenvalue weighted by molar-refractivity contribution is 5.78. The van der Waals surface area contributed by atoms with Crippen LogP contribution in [-0.2, 0) is 9.53 Å². The first-order valence-corrected chi connectivity index (χ1v) is 6.45. The van der Waals surface area contributed by atoms with Crippen LogP contribution in [0.4, 0.5) is 5.69 Å². The molecule has 5 nitrogen and oxygen atoms in total. The Morgan fingerprint density at radius 2 is 2.16 bits per heavy atom. The van der Waals surface area contributed by atoms with Crippen LogP contribution in [0.15, 0.2) is 18.2 Å². The van der Waals surface area contributed by atoms with Crippen molar-refractivity contribution in [3.8, 4) is 11.5 Å². The Kier molecular flexibility index (Phi) is 2.97. The summed E-state index contributed by atoms with van der Waals surface area (Å²) in [5, 5.41) is 3.30. The largest absolute Gasteiger partial charge is 0.469 e. The number of anilines is 1. The van der Waals surface area contributed by atoms with Gasteiger partial charge in [0, 0.05) is 18.3 Å². The van der Waals surface area contributed by atoms with E-state index >= 15 is 0 Å². The van der Waals surface area contributed by atoms with Crippen LogP contribution in [0.25, 0.3) is 0 Å². The van der Waals surface area contributed by atoms with Gasteiger partial charge in [0.2, 0.25) is 6.79 Å². The van der Waals surface area contributed by atoms with Gasteiger partial charge in [-0.15, -0.1) is 0 Å². The zero-order chi connectivity index (χ0) is 13.3. The zero-order valence-corrected chi connectivity index (χ0v) is 10.9. The number of hydrogen-bond acceptors (Lipinski definition) is 5. The SMILES string of the molecule is COC(=O)C1(CNc2ccc3c(c2)OCO3)CCC1. The molecular formula is C14H17NO4. The lowest BCUT2D eigenvalue weighted by molar-refractivity contribution is -0.157. The van der Waals surface area contributed by atoms with Crippen molar-refractivity contribution in [3.05, 3.63) is 18.2 Å². The Labute approximate surface area is 111 Å². The van der Waals surface area contributed by atoms with Gasteiger partial charge in [-0.25, -0.2) is 0 Å². The molecule has 1 saturated carbocycles. The molecule has 0 radical (unpaired) electrons. The van der Waals surface area contributed by atoms with Crippen LogP contribution in [0.1, 0.15) is 19.3 Å². The fraction of sp³-hybridized carbons (Fsp3) is 0.500. The molecule has 0 unspecified atom stereocenters. The second-order valence-electron chi connectivity index (χ2n) is 5.05. The van der Waals surface area contributed by atoms with Crippen LogP contribution < -0.4 is 14.8 Å². The second kappa shape index (κ2) is 4.64. The molecule has 1 aromatic rings. The summed E-state index contributed by atoms with van der Waals surface area (Å²) in [5.41, 5.74) is 0.574. The summed E-state index contributed by atoms with van der Waals surface area (Å²) < 4.78 is 15.5. The molecule has 1 N–H and O–H groups in total. The Balaban J connectivity index is 1.67. The lowest BCUT2D eigenvalue weighted by Crippen LogP contribution is -2.44. The van der Waals surface area contributed by atoms with Gasteiger partial charge in [-0.2, -0.15) is 0 Å².